The molecular weight excluding hydrogens is 538 g/mol. The summed E-state index contributed by atoms with van der Waals surface area (Å²) in [5.74, 6) is 2.51. The van der Waals surface area contributed by atoms with Gasteiger partial charge in [0.1, 0.15) is 23.0 Å². The number of nitrogen functional groups attached to an aromatic ring is 1. The van der Waals surface area contributed by atoms with E-state index in [2.05, 4.69) is 47.2 Å². The van der Waals surface area contributed by atoms with Crippen molar-refractivity contribution in [3.8, 4) is 23.6 Å². The summed E-state index contributed by atoms with van der Waals surface area (Å²) in [4.78, 5) is 20.4. The zero-order chi connectivity index (χ0) is 28.4. The first-order chi connectivity index (χ1) is 19.8. The Balaban J connectivity index is 1.25. The van der Waals surface area contributed by atoms with Crippen LogP contribution in [0, 0.1) is 11.3 Å². The molecule has 3 fully saturated rings. The van der Waals surface area contributed by atoms with Crippen LogP contribution in [0.1, 0.15) is 74.3 Å². The lowest BCUT2D eigenvalue weighted by molar-refractivity contribution is 0.117. The number of thiophene rings is 1. The van der Waals surface area contributed by atoms with Crippen molar-refractivity contribution in [3.63, 3.8) is 0 Å². The number of rotatable bonds is 6. The van der Waals surface area contributed by atoms with Gasteiger partial charge in [0.25, 0.3) is 0 Å². The molecule has 216 valence electrons. The van der Waals surface area contributed by atoms with Crippen LogP contribution in [0.5, 0.6) is 5.88 Å². The van der Waals surface area contributed by atoms with Gasteiger partial charge >= 0.3 is 0 Å². The number of anilines is 2. The fraction of sp³-hybridized carbons (Fsp3) is 0.621. The molecule has 3 aromatic rings. The molecule has 3 atom stereocenters. The normalized spacial score (nSPS) is 26.1. The minimum absolute atomic E-state index is 0.0234. The van der Waals surface area contributed by atoms with Gasteiger partial charge in [-0.1, -0.05) is 5.16 Å². The molecule has 3 N–H and O–H groups in total. The van der Waals surface area contributed by atoms with Gasteiger partial charge in [-0.05, 0) is 72.4 Å². The van der Waals surface area contributed by atoms with E-state index >= 15 is 0 Å². The lowest BCUT2D eigenvalue weighted by Crippen LogP contribution is -2.52. The van der Waals surface area contributed by atoms with Crippen LogP contribution in [0.2, 0.25) is 0 Å². The number of hydrogen-bond donors (Lipinski definition) is 2. The van der Waals surface area contributed by atoms with Crippen LogP contribution >= 0.6 is 11.3 Å². The molecule has 41 heavy (non-hydrogen) atoms. The number of likely N-dealkylation sites (tertiary alicyclic amines) is 1. The SMILES string of the molecule is C[C@H](Oc1cc(N2CCNC3(CC3)C2)nc(-c2noc([C@@]3(C)CCCc4sc(N)c(C#N)c43)n2)n1)[C@@H]1CCCN1C. The number of nitrogens with zero attached hydrogens (tertiary/aromatic N) is 7. The highest BCUT2D eigenvalue weighted by molar-refractivity contribution is 7.16. The summed E-state index contributed by atoms with van der Waals surface area (Å²) in [6.45, 7) is 7.93. The van der Waals surface area contributed by atoms with Crippen LogP contribution in [0.4, 0.5) is 10.8 Å². The van der Waals surface area contributed by atoms with Crippen molar-refractivity contribution >= 4 is 22.2 Å². The Hall–Kier alpha value is -3.27. The van der Waals surface area contributed by atoms with E-state index in [1.165, 1.54) is 30.6 Å². The second-order valence-electron chi connectivity index (χ2n) is 12.4. The molecule has 1 saturated carbocycles. The first-order valence-corrected chi connectivity index (χ1v) is 15.5. The molecule has 0 bridgehead atoms. The molecule has 2 aliphatic heterocycles. The summed E-state index contributed by atoms with van der Waals surface area (Å²) in [6.07, 6.45) is 7.26. The highest BCUT2D eigenvalue weighted by atomic mass is 32.1. The third kappa shape index (κ3) is 4.64. The van der Waals surface area contributed by atoms with E-state index in [9.17, 15) is 5.26 Å². The van der Waals surface area contributed by atoms with Gasteiger partial charge in [-0.15, -0.1) is 11.3 Å². The standard InChI is InChI=1S/C29H37N9O2S/c1-17(19-6-5-12-37(19)3)39-22-14-21(38-13-11-32-29(16-38)9-10-29)33-25(34-22)26-35-27(40-36-26)28(2)8-4-7-20-23(28)18(15-30)24(31)41-20/h14,17,19,32H,4-13,16,31H2,1-3H3/t17-,19-,28-/m0/s1. The first-order valence-electron chi connectivity index (χ1n) is 14.7. The molecule has 0 unspecified atom stereocenters. The van der Waals surface area contributed by atoms with E-state index < -0.39 is 5.41 Å². The van der Waals surface area contributed by atoms with Crippen molar-refractivity contribution in [2.75, 3.05) is 43.9 Å². The lowest BCUT2D eigenvalue weighted by Gasteiger charge is -2.35. The molecule has 5 heterocycles. The van der Waals surface area contributed by atoms with Crippen molar-refractivity contribution in [1.29, 1.82) is 5.26 Å². The number of piperazine rings is 1. The molecule has 12 heteroatoms. The number of nitrogens with one attached hydrogen (secondary N) is 1. The Morgan fingerprint density at radius 3 is 2.83 bits per heavy atom. The number of ether oxygens (including phenoxy) is 1. The molecule has 4 aliphatic rings. The number of aromatic nitrogens is 4. The molecule has 2 aliphatic carbocycles. The van der Waals surface area contributed by atoms with E-state index in [1.54, 1.807) is 0 Å². The minimum atomic E-state index is -0.604. The fourth-order valence-corrected chi connectivity index (χ4v) is 8.21. The molecule has 1 spiro atoms. The van der Waals surface area contributed by atoms with Crippen LogP contribution in [0.25, 0.3) is 11.6 Å². The summed E-state index contributed by atoms with van der Waals surface area (Å²) >= 11 is 1.49. The Morgan fingerprint density at radius 1 is 1.22 bits per heavy atom. The maximum atomic E-state index is 9.88. The Bertz CT molecular complexity index is 1510. The molecule has 0 aromatic carbocycles. The summed E-state index contributed by atoms with van der Waals surface area (Å²) in [7, 11) is 2.15. The molecular formula is C29H37N9O2S. The molecule has 3 aromatic heterocycles. The number of nitriles is 1. The number of hydrogen-bond acceptors (Lipinski definition) is 12. The average molecular weight is 576 g/mol. The topological polar surface area (TPSA) is 142 Å². The molecule has 7 rings (SSSR count). The Labute approximate surface area is 244 Å². The third-order valence-electron chi connectivity index (χ3n) is 9.52. The predicted octanol–water partition coefficient (Wildman–Crippen LogP) is 3.49. The van der Waals surface area contributed by atoms with Crippen molar-refractivity contribution in [1.82, 2.24) is 30.3 Å². The van der Waals surface area contributed by atoms with Gasteiger partial charge < -0.3 is 25.2 Å². The van der Waals surface area contributed by atoms with E-state index in [4.69, 9.17) is 29.9 Å². The smallest absolute Gasteiger partial charge is 0.240 e. The highest BCUT2D eigenvalue weighted by Crippen LogP contribution is 2.48. The van der Waals surface area contributed by atoms with Crippen molar-refractivity contribution in [2.24, 2.45) is 0 Å². The number of fused-ring (bicyclic) bond motifs is 1. The Morgan fingerprint density at radius 2 is 2.07 bits per heavy atom. The highest BCUT2D eigenvalue weighted by Gasteiger charge is 2.46. The van der Waals surface area contributed by atoms with Crippen LogP contribution < -0.4 is 20.7 Å². The van der Waals surface area contributed by atoms with Crippen molar-refractivity contribution in [2.45, 2.75) is 81.9 Å². The van der Waals surface area contributed by atoms with Gasteiger partial charge in [0.2, 0.25) is 23.4 Å². The Kier molecular flexibility index (Phi) is 6.44. The summed E-state index contributed by atoms with van der Waals surface area (Å²) in [5, 5.41) is 18.5. The first kappa shape index (κ1) is 26.6. The number of nitrogens with two attached hydrogens (primary N) is 1. The minimum Gasteiger partial charge on any atom is -0.473 e. The number of likely N-dealkylation sites (N-methyl/N-ethyl adjacent to an activating group) is 1. The predicted molar refractivity (Wildman–Crippen MR) is 156 cm³/mol. The second-order valence-corrected chi connectivity index (χ2v) is 13.5. The summed E-state index contributed by atoms with van der Waals surface area (Å²) < 4.78 is 12.4. The summed E-state index contributed by atoms with van der Waals surface area (Å²) in [6, 6.07) is 4.62. The quantitative estimate of drug-likeness (QED) is 0.446. The van der Waals surface area contributed by atoms with Crippen LogP contribution in [0.3, 0.4) is 0 Å². The molecule has 2 saturated heterocycles. The monoisotopic (exact) mass is 575 g/mol. The second kappa shape index (κ2) is 9.93. The van der Waals surface area contributed by atoms with Gasteiger partial charge in [-0.25, -0.2) is 4.98 Å². The van der Waals surface area contributed by atoms with Crippen LogP contribution in [-0.2, 0) is 11.8 Å². The summed E-state index contributed by atoms with van der Waals surface area (Å²) in [5.41, 5.74) is 7.27. The zero-order valence-corrected chi connectivity index (χ0v) is 24.8. The molecule has 11 nitrogen and oxygen atoms in total. The average Bonchev–Trinajstić information content (AvgIpc) is 3.32. The third-order valence-corrected chi connectivity index (χ3v) is 10.6. The van der Waals surface area contributed by atoms with Gasteiger partial charge in [0, 0.05) is 47.7 Å². The molecule has 0 radical (unpaired) electrons. The van der Waals surface area contributed by atoms with Gasteiger partial charge in [0.15, 0.2) is 0 Å². The maximum absolute atomic E-state index is 9.88. The van der Waals surface area contributed by atoms with E-state index in [1.807, 2.05) is 6.07 Å². The van der Waals surface area contributed by atoms with Crippen LogP contribution in [0.15, 0.2) is 10.6 Å². The van der Waals surface area contributed by atoms with Gasteiger partial charge in [-0.2, -0.15) is 15.2 Å². The fourth-order valence-electron chi connectivity index (χ4n) is 7.02. The molecule has 0 amide bonds. The van der Waals surface area contributed by atoms with Gasteiger partial charge in [0.05, 0.1) is 11.0 Å². The zero-order valence-electron chi connectivity index (χ0n) is 23.9. The number of aryl methyl sites for hydroxylation is 1. The van der Waals surface area contributed by atoms with Crippen molar-refractivity contribution < 1.29 is 9.26 Å². The van der Waals surface area contributed by atoms with E-state index in [-0.39, 0.29) is 11.6 Å². The van der Waals surface area contributed by atoms with E-state index in [0.717, 1.165) is 68.1 Å². The van der Waals surface area contributed by atoms with Gasteiger partial charge in [-0.3, -0.25) is 4.90 Å². The van der Waals surface area contributed by atoms with E-state index in [0.29, 0.717) is 40.0 Å². The van der Waals surface area contributed by atoms with Crippen molar-refractivity contribution in [3.05, 3.63) is 28.0 Å². The lowest BCUT2D eigenvalue weighted by atomic mass is 9.72. The largest absolute Gasteiger partial charge is 0.473 e. The van der Waals surface area contributed by atoms with Crippen LogP contribution in [-0.4, -0.2) is 75.9 Å². The maximum Gasteiger partial charge on any atom is 0.240 e.